The van der Waals surface area contributed by atoms with Gasteiger partial charge in [-0.1, -0.05) is 19.9 Å². The van der Waals surface area contributed by atoms with Crippen LogP contribution in [-0.4, -0.2) is 31.1 Å². The predicted molar refractivity (Wildman–Crippen MR) is 71.7 cm³/mol. The van der Waals surface area contributed by atoms with Crippen molar-refractivity contribution >= 4 is 11.4 Å². The minimum Gasteiger partial charge on any atom is -0.395 e. The molecule has 0 fully saturated rings. The van der Waals surface area contributed by atoms with Gasteiger partial charge < -0.3 is 16.0 Å². The summed E-state index contributed by atoms with van der Waals surface area (Å²) in [6.07, 6.45) is 1.15. The molecule has 0 bridgehead atoms. The Hall–Kier alpha value is -1.29. The smallest absolute Gasteiger partial charge is 0.148 e. The molecule has 0 aliphatic rings. The molecular weight excluding hydrogens is 217 g/mol. The second-order valence-corrected chi connectivity index (χ2v) is 4.06. The van der Waals surface area contributed by atoms with Crippen molar-refractivity contribution in [1.82, 2.24) is 4.90 Å². The third kappa shape index (κ3) is 4.23. The van der Waals surface area contributed by atoms with Gasteiger partial charge in [0, 0.05) is 13.1 Å². The van der Waals surface area contributed by atoms with E-state index in [4.69, 9.17) is 5.73 Å². The third-order valence-corrected chi connectivity index (χ3v) is 2.78. The lowest BCUT2D eigenvalue weighted by atomic mass is 10.2. The van der Waals surface area contributed by atoms with Crippen molar-refractivity contribution in [1.29, 1.82) is 0 Å². The van der Waals surface area contributed by atoms with Gasteiger partial charge >= 0.3 is 0 Å². The van der Waals surface area contributed by atoms with E-state index in [9.17, 15) is 4.39 Å². The van der Waals surface area contributed by atoms with Crippen molar-refractivity contribution in [2.45, 2.75) is 20.3 Å². The first kappa shape index (κ1) is 13.8. The number of nitrogens with two attached hydrogens (primary N) is 1. The minimum atomic E-state index is -0.365. The highest BCUT2D eigenvalue weighted by molar-refractivity contribution is 5.66. The number of nitrogens with zero attached hydrogens (tertiary/aromatic N) is 1. The molecule has 0 saturated heterocycles. The summed E-state index contributed by atoms with van der Waals surface area (Å²) in [7, 11) is 0. The van der Waals surface area contributed by atoms with Crippen molar-refractivity contribution in [2.24, 2.45) is 0 Å². The first-order valence-corrected chi connectivity index (χ1v) is 6.19. The SMILES string of the molecule is CCCN(CC)CCNc1cccc(F)c1N. The molecule has 0 unspecified atom stereocenters. The molecule has 0 spiro atoms. The standard InChI is InChI=1S/C13H22FN3/c1-3-9-17(4-2)10-8-16-12-7-5-6-11(14)13(12)15/h5-7,16H,3-4,8-10,15H2,1-2H3. The lowest BCUT2D eigenvalue weighted by molar-refractivity contribution is 0.300. The zero-order valence-electron chi connectivity index (χ0n) is 10.7. The average molecular weight is 239 g/mol. The van der Waals surface area contributed by atoms with Crippen LogP contribution in [-0.2, 0) is 0 Å². The zero-order chi connectivity index (χ0) is 12.7. The van der Waals surface area contributed by atoms with E-state index >= 15 is 0 Å². The quantitative estimate of drug-likeness (QED) is 0.718. The first-order chi connectivity index (χ1) is 8.19. The molecule has 0 radical (unpaired) electrons. The summed E-state index contributed by atoms with van der Waals surface area (Å²) in [4.78, 5) is 2.35. The maximum Gasteiger partial charge on any atom is 0.148 e. The van der Waals surface area contributed by atoms with Gasteiger partial charge in [0.15, 0.2) is 0 Å². The molecule has 4 heteroatoms. The fourth-order valence-corrected chi connectivity index (χ4v) is 1.78. The highest BCUT2D eigenvalue weighted by atomic mass is 19.1. The molecular formula is C13H22FN3. The van der Waals surface area contributed by atoms with Crippen molar-refractivity contribution < 1.29 is 4.39 Å². The van der Waals surface area contributed by atoms with Gasteiger partial charge in [0.05, 0.1) is 11.4 Å². The number of nitrogen functional groups attached to an aromatic ring is 1. The largest absolute Gasteiger partial charge is 0.395 e. The summed E-state index contributed by atoms with van der Waals surface area (Å²) in [5.74, 6) is -0.365. The van der Waals surface area contributed by atoms with Crippen LogP contribution >= 0.6 is 0 Å². The van der Waals surface area contributed by atoms with Crippen LogP contribution in [0.1, 0.15) is 20.3 Å². The van der Waals surface area contributed by atoms with Gasteiger partial charge in [0.2, 0.25) is 0 Å². The fourth-order valence-electron chi connectivity index (χ4n) is 1.78. The fraction of sp³-hybridized carbons (Fsp3) is 0.538. The summed E-state index contributed by atoms with van der Waals surface area (Å²) in [6, 6.07) is 4.84. The molecule has 3 N–H and O–H groups in total. The lowest BCUT2D eigenvalue weighted by Crippen LogP contribution is -2.29. The molecule has 0 aromatic heterocycles. The Morgan fingerprint density at radius 3 is 2.71 bits per heavy atom. The van der Waals surface area contributed by atoms with Crippen LogP contribution in [0.25, 0.3) is 0 Å². The van der Waals surface area contributed by atoms with Gasteiger partial charge in [0.1, 0.15) is 5.82 Å². The Morgan fingerprint density at radius 2 is 2.06 bits per heavy atom. The van der Waals surface area contributed by atoms with E-state index in [1.165, 1.54) is 6.07 Å². The number of para-hydroxylation sites is 1. The van der Waals surface area contributed by atoms with Gasteiger partial charge in [0.25, 0.3) is 0 Å². The summed E-state index contributed by atoms with van der Waals surface area (Å²) >= 11 is 0. The molecule has 3 nitrogen and oxygen atoms in total. The molecule has 0 heterocycles. The van der Waals surface area contributed by atoms with Crippen LogP contribution in [0.3, 0.4) is 0 Å². The number of anilines is 2. The summed E-state index contributed by atoms with van der Waals surface area (Å²) < 4.78 is 13.2. The summed E-state index contributed by atoms with van der Waals surface area (Å²) in [5, 5.41) is 3.17. The zero-order valence-corrected chi connectivity index (χ0v) is 10.7. The number of rotatable bonds is 7. The molecule has 96 valence electrons. The molecule has 1 rings (SSSR count). The topological polar surface area (TPSA) is 41.3 Å². The summed E-state index contributed by atoms with van der Waals surface area (Å²) in [5.41, 5.74) is 6.52. The Kier molecular flexibility index (Phi) is 5.77. The Bertz CT molecular complexity index is 341. The van der Waals surface area contributed by atoms with E-state index in [2.05, 4.69) is 24.1 Å². The van der Waals surface area contributed by atoms with E-state index in [1.54, 1.807) is 12.1 Å². The van der Waals surface area contributed by atoms with Crippen LogP contribution in [0.4, 0.5) is 15.8 Å². The highest BCUT2D eigenvalue weighted by Crippen LogP contribution is 2.20. The number of hydrogen-bond acceptors (Lipinski definition) is 3. The normalized spacial score (nSPS) is 10.8. The molecule has 0 aliphatic heterocycles. The van der Waals surface area contributed by atoms with Gasteiger partial charge in [-0.3, -0.25) is 0 Å². The van der Waals surface area contributed by atoms with Crippen LogP contribution in [0, 0.1) is 5.82 Å². The van der Waals surface area contributed by atoms with Crippen LogP contribution in [0.15, 0.2) is 18.2 Å². The van der Waals surface area contributed by atoms with E-state index in [0.717, 1.165) is 32.6 Å². The third-order valence-electron chi connectivity index (χ3n) is 2.78. The number of halogens is 1. The Morgan fingerprint density at radius 1 is 1.29 bits per heavy atom. The monoisotopic (exact) mass is 239 g/mol. The van der Waals surface area contributed by atoms with Gasteiger partial charge in [-0.25, -0.2) is 4.39 Å². The van der Waals surface area contributed by atoms with Crippen molar-refractivity contribution in [2.75, 3.05) is 37.2 Å². The van der Waals surface area contributed by atoms with Crippen LogP contribution in [0.2, 0.25) is 0 Å². The second kappa shape index (κ2) is 7.12. The van der Waals surface area contributed by atoms with Crippen molar-refractivity contribution in [3.05, 3.63) is 24.0 Å². The van der Waals surface area contributed by atoms with Gasteiger partial charge in [-0.2, -0.15) is 0 Å². The van der Waals surface area contributed by atoms with Crippen LogP contribution in [0.5, 0.6) is 0 Å². The molecule has 0 saturated carbocycles. The highest BCUT2D eigenvalue weighted by Gasteiger charge is 2.04. The average Bonchev–Trinajstić information content (AvgIpc) is 2.33. The van der Waals surface area contributed by atoms with E-state index in [-0.39, 0.29) is 11.5 Å². The second-order valence-electron chi connectivity index (χ2n) is 4.06. The van der Waals surface area contributed by atoms with Crippen molar-refractivity contribution in [3.8, 4) is 0 Å². The molecule has 1 aromatic carbocycles. The molecule has 0 aliphatic carbocycles. The number of hydrogen-bond donors (Lipinski definition) is 2. The lowest BCUT2D eigenvalue weighted by Gasteiger charge is -2.20. The van der Waals surface area contributed by atoms with E-state index < -0.39 is 0 Å². The Balaban J connectivity index is 2.42. The number of benzene rings is 1. The Labute approximate surface area is 103 Å². The number of likely N-dealkylation sites (N-methyl/N-ethyl adjacent to an activating group) is 1. The molecule has 0 amide bonds. The van der Waals surface area contributed by atoms with Crippen molar-refractivity contribution in [3.63, 3.8) is 0 Å². The molecule has 17 heavy (non-hydrogen) atoms. The predicted octanol–water partition coefficient (Wildman–Crippen LogP) is 2.55. The van der Waals surface area contributed by atoms with Crippen LogP contribution < -0.4 is 11.1 Å². The molecule has 1 aromatic rings. The van der Waals surface area contributed by atoms with Gasteiger partial charge in [-0.15, -0.1) is 0 Å². The van der Waals surface area contributed by atoms with E-state index in [0.29, 0.717) is 5.69 Å². The summed E-state index contributed by atoms with van der Waals surface area (Å²) in [6.45, 7) is 8.17. The maximum absolute atomic E-state index is 13.2. The maximum atomic E-state index is 13.2. The minimum absolute atomic E-state index is 0.200. The van der Waals surface area contributed by atoms with E-state index in [1.807, 2.05) is 0 Å². The first-order valence-electron chi connectivity index (χ1n) is 6.19. The molecule has 0 atom stereocenters. The van der Waals surface area contributed by atoms with Gasteiger partial charge in [-0.05, 0) is 31.6 Å². The number of nitrogens with one attached hydrogen (secondary N) is 1.